The van der Waals surface area contributed by atoms with Gasteiger partial charge in [0.05, 0.1) is 11.1 Å². The Labute approximate surface area is 161 Å². The van der Waals surface area contributed by atoms with E-state index < -0.39 is 17.1 Å². The van der Waals surface area contributed by atoms with Gasteiger partial charge in [-0.3, -0.25) is 18.7 Å². The van der Waals surface area contributed by atoms with Crippen molar-refractivity contribution >= 4 is 17.6 Å². The van der Waals surface area contributed by atoms with E-state index in [0.717, 1.165) is 25.3 Å². The fourth-order valence-corrected chi connectivity index (χ4v) is 3.10. The van der Waals surface area contributed by atoms with E-state index in [9.17, 15) is 19.5 Å². The first-order valence-electron chi connectivity index (χ1n) is 8.82. The molecule has 1 aliphatic rings. The molecule has 2 aromatic rings. The van der Waals surface area contributed by atoms with Crippen LogP contribution in [0.2, 0.25) is 0 Å². The summed E-state index contributed by atoms with van der Waals surface area (Å²) >= 11 is 0. The maximum Gasteiger partial charge on any atom is 0.333 e. The van der Waals surface area contributed by atoms with E-state index in [1.54, 1.807) is 11.9 Å². The summed E-state index contributed by atoms with van der Waals surface area (Å²) in [4.78, 5) is 42.2. The lowest BCUT2D eigenvalue weighted by Crippen LogP contribution is -2.38. The molecule has 28 heavy (non-hydrogen) atoms. The zero-order chi connectivity index (χ0) is 20.6. The number of aromatic nitrogens is 2. The number of hydrogen-bond acceptors (Lipinski definition) is 5. The molecule has 0 unspecified atom stereocenters. The van der Waals surface area contributed by atoms with Crippen LogP contribution in [-0.4, -0.2) is 38.6 Å². The number of nitrogens with zero attached hydrogens (tertiary/aromatic N) is 4. The number of amides is 1. The Morgan fingerprint density at radius 2 is 1.89 bits per heavy atom. The van der Waals surface area contributed by atoms with Gasteiger partial charge in [0.15, 0.2) is 0 Å². The average Bonchev–Trinajstić information content (AvgIpc) is 3.03. The van der Waals surface area contributed by atoms with E-state index in [-0.39, 0.29) is 11.5 Å². The van der Waals surface area contributed by atoms with Crippen molar-refractivity contribution in [2.45, 2.75) is 13.3 Å². The Kier molecular flexibility index (Phi) is 5.04. The third-order valence-corrected chi connectivity index (χ3v) is 4.96. The van der Waals surface area contributed by atoms with Crippen molar-refractivity contribution in [3.05, 3.63) is 66.9 Å². The summed E-state index contributed by atoms with van der Waals surface area (Å²) in [5.41, 5.74) is 0.194. The maximum absolute atomic E-state index is 12.5. The summed E-state index contributed by atoms with van der Waals surface area (Å²) in [5, 5.41) is 12.0. The Balaban J connectivity index is 2.17. The van der Waals surface area contributed by atoms with E-state index in [0.29, 0.717) is 18.7 Å². The van der Waals surface area contributed by atoms with Crippen molar-refractivity contribution in [1.29, 1.82) is 0 Å². The Morgan fingerprint density at radius 1 is 1.21 bits per heavy atom. The van der Waals surface area contributed by atoms with Gasteiger partial charge in [0.2, 0.25) is 11.8 Å². The van der Waals surface area contributed by atoms with Crippen molar-refractivity contribution in [1.82, 2.24) is 14.0 Å². The lowest BCUT2D eigenvalue weighted by atomic mass is 10.1. The minimum atomic E-state index is -0.608. The van der Waals surface area contributed by atoms with Crippen LogP contribution in [0.5, 0.6) is 5.88 Å². The standard InChI is InChI=1S/C20H22N4O4/c1-12(25)22(2)10-9-14-13-7-5-6-8-16(13)21-17(14)11-15-18(26)23(3)20(28)24(4)19(15)27/h5-8,11,26H,9-10H2,1-4H3/b17-11-. The number of para-hydroxylation sites is 1. The molecule has 0 radical (unpaired) electrons. The van der Waals surface area contributed by atoms with E-state index in [1.807, 2.05) is 24.3 Å². The molecule has 1 aromatic heterocycles. The molecule has 146 valence electrons. The fourth-order valence-electron chi connectivity index (χ4n) is 3.10. The lowest BCUT2D eigenvalue weighted by Gasteiger charge is -2.15. The monoisotopic (exact) mass is 382 g/mol. The molecule has 1 amide bonds. The van der Waals surface area contributed by atoms with Crippen LogP contribution in [0.4, 0.5) is 0 Å². The van der Waals surface area contributed by atoms with E-state index in [4.69, 9.17) is 0 Å². The van der Waals surface area contributed by atoms with Gasteiger partial charge in [-0.15, -0.1) is 0 Å². The number of carbonyl (C=O) groups is 1. The number of hydrogen-bond donors (Lipinski definition) is 1. The number of rotatable bonds is 4. The fraction of sp³-hybridized carbons (Fsp3) is 0.300. The molecule has 2 heterocycles. The van der Waals surface area contributed by atoms with E-state index in [1.165, 1.54) is 27.1 Å². The van der Waals surface area contributed by atoms with Gasteiger partial charge in [0.25, 0.3) is 5.56 Å². The first-order valence-corrected chi connectivity index (χ1v) is 8.82. The molecule has 0 spiro atoms. The normalized spacial score (nSPS) is 14.1. The SMILES string of the molecule is CC(=O)N(C)CCC1=c2ccccc2=N/C1=C\c1c(O)n(C)c(=O)n(C)c1=O. The molecule has 3 rings (SSSR count). The molecule has 1 aromatic carbocycles. The van der Waals surface area contributed by atoms with Gasteiger partial charge in [-0.05, 0) is 24.1 Å². The number of aromatic hydroxyl groups is 1. The minimum Gasteiger partial charge on any atom is -0.494 e. The van der Waals surface area contributed by atoms with Crippen molar-refractivity contribution in [3.8, 4) is 5.88 Å². The van der Waals surface area contributed by atoms with Crippen LogP contribution >= 0.6 is 0 Å². The molecule has 0 fully saturated rings. The molecular formula is C20H22N4O4. The van der Waals surface area contributed by atoms with Crippen molar-refractivity contribution in [3.63, 3.8) is 0 Å². The minimum absolute atomic E-state index is 0.00595. The molecule has 1 aliphatic heterocycles. The first kappa shape index (κ1) is 19.3. The molecule has 0 atom stereocenters. The average molecular weight is 382 g/mol. The number of allylic oxidation sites excluding steroid dienone is 1. The van der Waals surface area contributed by atoms with Crippen LogP contribution in [0, 0.1) is 0 Å². The van der Waals surface area contributed by atoms with E-state index in [2.05, 4.69) is 4.99 Å². The summed E-state index contributed by atoms with van der Waals surface area (Å²) in [7, 11) is 4.48. The third-order valence-electron chi connectivity index (χ3n) is 4.96. The van der Waals surface area contributed by atoms with Crippen LogP contribution < -0.4 is 21.8 Å². The summed E-state index contributed by atoms with van der Waals surface area (Å²) in [6.07, 6.45) is 2.04. The Morgan fingerprint density at radius 3 is 2.57 bits per heavy atom. The highest BCUT2D eigenvalue weighted by atomic mass is 16.3. The van der Waals surface area contributed by atoms with Gasteiger partial charge in [-0.1, -0.05) is 18.2 Å². The van der Waals surface area contributed by atoms with Gasteiger partial charge in [-0.2, -0.15) is 0 Å². The van der Waals surface area contributed by atoms with Crippen LogP contribution in [0.1, 0.15) is 18.9 Å². The zero-order valence-corrected chi connectivity index (χ0v) is 16.3. The summed E-state index contributed by atoms with van der Waals surface area (Å²) in [5.74, 6) is -0.453. The van der Waals surface area contributed by atoms with Gasteiger partial charge in [-0.25, -0.2) is 9.79 Å². The number of fused-ring (bicyclic) bond motifs is 1. The topological polar surface area (TPSA) is 96.9 Å². The van der Waals surface area contributed by atoms with E-state index >= 15 is 0 Å². The molecule has 0 bridgehead atoms. The molecular weight excluding hydrogens is 360 g/mol. The highest BCUT2D eigenvalue weighted by molar-refractivity contribution is 5.77. The molecule has 8 nitrogen and oxygen atoms in total. The zero-order valence-electron chi connectivity index (χ0n) is 16.3. The quantitative estimate of drug-likeness (QED) is 0.770. The second-order valence-corrected chi connectivity index (χ2v) is 6.77. The Bertz CT molecular complexity index is 1230. The number of carbonyl (C=O) groups excluding carboxylic acids is 1. The maximum atomic E-state index is 12.5. The predicted octanol–water partition coefficient (Wildman–Crippen LogP) is -0.517. The molecule has 0 saturated heterocycles. The molecule has 0 aliphatic carbocycles. The van der Waals surface area contributed by atoms with Crippen molar-refractivity contribution in [2.75, 3.05) is 13.6 Å². The van der Waals surface area contributed by atoms with Crippen LogP contribution in [-0.2, 0) is 18.9 Å². The smallest absolute Gasteiger partial charge is 0.333 e. The molecule has 0 saturated carbocycles. The van der Waals surface area contributed by atoms with Crippen molar-refractivity contribution < 1.29 is 9.90 Å². The summed E-state index contributed by atoms with van der Waals surface area (Å²) in [6.45, 7) is 1.99. The second-order valence-electron chi connectivity index (χ2n) is 6.77. The predicted molar refractivity (Wildman–Crippen MR) is 105 cm³/mol. The van der Waals surface area contributed by atoms with Gasteiger partial charge in [0.1, 0.15) is 5.56 Å². The second kappa shape index (κ2) is 7.30. The highest BCUT2D eigenvalue weighted by Gasteiger charge is 2.18. The van der Waals surface area contributed by atoms with Crippen LogP contribution in [0.3, 0.4) is 0 Å². The Hall–Kier alpha value is -3.42. The van der Waals surface area contributed by atoms with Gasteiger partial charge < -0.3 is 10.0 Å². The molecule has 8 heteroatoms. The summed E-state index contributed by atoms with van der Waals surface area (Å²) < 4.78 is 1.95. The largest absolute Gasteiger partial charge is 0.494 e. The molecule has 1 N–H and O–H groups in total. The van der Waals surface area contributed by atoms with Gasteiger partial charge >= 0.3 is 5.69 Å². The first-order chi connectivity index (χ1) is 13.2. The summed E-state index contributed by atoms with van der Waals surface area (Å²) in [6, 6.07) is 7.56. The number of benzene rings is 1. The highest BCUT2D eigenvalue weighted by Crippen LogP contribution is 2.23. The van der Waals surface area contributed by atoms with Crippen LogP contribution in [0.25, 0.3) is 11.6 Å². The van der Waals surface area contributed by atoms with Crippen molar-refractivity contribution in [2.24, 2.45) is 19.1 Å². The lowest BCUT2D eigenvalue weighted by molar-refractivity contribution is -0.127. The van der Waals surface area contributed by atoms with Gasteiger partial charge in [0, 0.05) is 39.8 Å². The third kappa shape index (κ3) is 3.28. The van der Waals surface area contributed by atoms with Crippen LogP contribution in [0.15, 0.2) is 44.5 Å².